The summed E-state index contributed by atoms with van der Waals surface area (Å²) in [5.74, 6) is -4.21. The summed E-state index contributed by atoms with van der Waals surface area (Å²) in [6.45, 7) is 7.22. The van der Waals surface area contributed by atoms with Crippen LogP contribution >= 0.6 is 11.8 Å². The number of carbonyl (C=O) groups excluding carboxylic acids is 3. The highest BCUT2D eigenvalue weighted by Gasteiger charge is 2.32. The van der Waals surface area contributed by atoms with Crippen LogP contribution in [0.4, 0.5) is 0 Å². The number of carboxylic acid groups (broad SMARTS) is 2. The molecule has 5 atom stereocenters. The van der Waals surface area contributed by atoms with Crippen molar-refractivity contribution >= 4 is 41.4 Å². The number of hydrogen-bond acceptors (Lipinski definition) is 7. The Balaban J connectivity index is 5.52. The van der Waals surface area contributed by atoms with Gasteiger partial charge in [0.05, 0.1) is 12.5 Å². The summed E-state index contributed by atoms with van der Waals surface area (Å²) in [5.41, 5.74) is 5.60. The minimum atomic E-state index is -1.33. The van der Waals surface area contributed by atoms with Gasteiger partial charge in [-0.15, -0.1) is 0 Å². The molecular weight excluding hydrogens is 452 g/mol. The number of thioether (sulfide) groups is 1. The van der Waals surface area contributed by atoms with Crippen LogP contribution in [0.25, 0.3) is 0 Å². The van der Waals surface area contributed by atoms with Gasteiger partial charge in [-0.05, 0) is 36.7 Å². The van der Waals surface area contributed by atoms with Crippen LogP contribution in [0.1, 0.15) is 53.4 Å². The van der Waals surface area contributed by atoms with Crippen LogP contribution in [-0.4, -0.2) is 76.0 Å². The zero-order valence-electron chi connectivity index (χ0n) is 19.9. The van der Waals surface area contributed by atoms with Crippen molar-refractivity contribution in [2.75, 3.05) is 12.0 Å². The topological polar surface area (TPSA) is 188 Å². The first-order valence-corrected chi connectivity index (χ1v) is 12.3. The van der Waals surface area contributed by atoms with E-state index in [2.05, 4.69) is 16.0 Å². The number of aliphatic carboxylic acids is 2. The molecule has 0 spiro atoms. The Morgan fingerprint density at radius 3 is 1.94 bits per heavy atom. The van der Waals surface area contributed by atoms with E-state index in [1.54, 1.807) is 6.92 Å². The summed E-state index contributed by atoms with van der Waals surface area (Å²) < 4.78 is 0. The molecule has 0 aromatic rings. The lowest BCUT2D eigenvalue weighted by Crippen LogP contribution is -2.58. The van der Waals surface area contributed by atoms with Crippen molar-refractivity contribution in [1.29, 1.82) is 0 Å². The van der Waals surface area contributed by atoms with Crippen molar-refractivity contribution in [3.63, 3.8) is 0 Å². The molecule has 0 saturated heterocycles. The van der Waals surface area contributed by atoms with Crippen LogP contribution in [-0.2, 0) is 24.0 Å². The average molecular weight is 491 g/mol. The Bertz CT molecular complexity index is 690. The van der Waals surface area contributed by atoms with Gasteiger partial charge in [0.25, 0.3) is 0 Å². The van der Waals surface area contributed by atoms with Crippen molar-refractivity contribution in [1.82, 2.24) is 16.0 Å². The SMILES string of the molecule is CCC(C)C(NC(=O)C(N)CC(=O)O)C(=O)NC(CCSC)C(=O)NC(CC(C)C)C(=O)O. The molecule has 0 rings (SSSR count). The van der Waals surface area contributed by atoms with Crippen LogP contribution in [0.2, 0.25) is 0 Å². The van der Waals surface area contributed by atoms with Gasteiger partial charge in [-0.1, -0.05) is 34.1 Å². The third kappa shape index (κ3) is 11.9. The third-order valence-corrected chi connectivity index (χ3v) is 5.73. The minimum Gasteiger partial charge on any atom is -0.481 e. The van der Waals surface area contributed by atoms with Crippen LogP contribution in [0, 0.1) is 11.8 Å². The molecular formula is C21H38N4O7S. The second kappa shape index (κ2) is 15.5. The lowest BCUT2D eigenvalue weighted by atomic mass is 9.97. The molecule has 3 amide bonds. The van der Waals surface area contributed by atoms with Gasteiger partial charge in [-0.25, -0.2) is 4.79 Å². The molecule has 0 saturated carbocycles. The summed E-state index contributed by atoms with van der Waals surface area (Å²) in [7, 11) is 0. The summed E-state index contributed by atoms with van der Waals surface area (Å²) in [6, 6.07) is -4.47. The van der Waals surface area contributed by atoms with Crippen LogP contribution < -0.4 is 21.7 Å². The molecule has 0 aliphatic heterocycles. The molecule has 5 unspecified atom stereocenters. The fraction of sp³-hybridized carbons (Fsp3) is 0.762. The van der Waals surface area contributed by atoms with Gasteiger partial charge < -0.3 is 31.9 Å². The Kier molecular flexibility index (Phi) is 14.4. The largest absolute Gasteiger partial charge is 0.481 e. The van der Waals surface area contributed by atoms with Crippen LogP contribution in [0.5, 0.6) is 0 Å². The zero-order chi connectivity index (χ0) is 25.7. The third-order valence-electron chi connectivity index (χ3n) is 5.09. The van der Waals surface area contributed by atoms with E-state index in [1.165, 1.54) is 11.8 Å². The summed E-state index contributed by atoms with van der Waals surface area (Å²) in [5, 5.41) is 25.8. The normalized spacial score (nSPS) is 15.6. The maximum Gasteiger partial charge on any atom is 0.326 e. The first-order chi connectivity index (χ1) is 15.3. The Hall–Kier alpha value is -2.34. The standard InChI is InChI=1S/C21H38N4O7S/c1-6-12(4)17(25-18(28)13(22)10-16(26)27)20(30)23-14(7-8-33-5)19(29)24-15(21(31)32)9-11(2)3/h11-15,17H,6-10,22H2,1-5H3,(H,23,30)(H,24,29)(H,25,28)(H,26,27)(H,31,32). The molecule has 190 valence electrons. The first kappa shape index (κ1) is 30.7. The lowest BCUT2D eigenvalue weighted by Gasteiger charge is -2.28. The molecule has 0 aliphatic rings. The van der Waals surface area contributed by atoms with Crippen LogP contribution in [0.15, 0.2) is 0 Å². The number of amides is 3. The van der Waals surface area contributed by atoms with E-state index >= 15 is 0 Å². The van der Waals surface area contributed by atoms with E-state index in [1.807, 2.05) is 27.0 Å². The van der Waals surface area contributed by atoms with Crippen molar-refractivity contribution in [3.05, 3.63) is 0 Å². The second-order valence-corrected chi connectivity index (χ2v) is 9.43. The van der Waals surface area contributed by atoms with Gasteiger partial charge in [0.1, 0.15) is 18.1 Å². The van der Waals surface area contributed by atoms with Crippen molar-refractivity contribution in [2.45, 2.75) is 77.5 Å². The summed E-state index contributed by atoms with van der Waals surface area (Å²) in [6.07, 6.45) is 2.25. The van der Waals surface area contributed by atoms with Crippen molar-refractivity contribution in [3.8, 4) is 0 Å². The molecule has 0 aliphatic carbocycles. The van der Waals surface area contributed by atoms with Gasteiger partial charge in [0, 0.05) is 0 Å². The van der Waals surface area contributed by atoms with E-state index in [0.717, 1.165) is 0 Å². The number of nitrogens with one attached hydrogen (secondary N) is 3. The minimum absolute atomic E-state index is 0.0330. The maximum absolute atomic E-state index is 13.0. The molecule has 0 aromatic carbocycles. The fourth-order valence-electron chi connectivity index (χ4n) is 2.97. The second-order valence-electron chi connectivity index (χ2n) is 8.45. The number of rotatable bonds is 16. The Morgan fingerprint density at radius 1 is 0.909 bits per heavy atom. The fourth-order valence-corrected chi connectivity index (χ4v) is 3.45. The summed E-state index contributed by atoms with van der Waals surface area (Å²) >= 11 is 1.46. The van der Waals surface area contributed by atoms with E-state index in [-0.39, 0.29) is 24.7 Å². The molecule has 0 radical (unpaired) electrons. The predicted octanol–water partition coefficient (Wildman–Crippen LogP) is 0.173. The Morgan fingerprint density at radius 2 is 1.48 bits per heavy atom. The number of hydrogen-bond donors (Lipinski definition) is 6. The van der Waals surface area contributed by atoms with Gasteiger partial charge in [-0.2, -0.15) is 11.8 Å². The molecule has 0 fully saturated rings. The molecule has 0 aromatic heterocycles. The monoisotopic (exact) mass is 490 g/mol. The molecule has 7 N–H and O–H groups in total. The highest BCUT2D eigenvalue weighted by Crippen LogP contribution is 2.11. The van der Waals surface area contributed by atoms with Crippen LogP contribution in [0.3, 0.4) is 0 Å². The van der Waals surface area contributed by atoms with Gasteiger partial charge in [-0.3, -0.25) is 19.2 Å². The smallest absolute Gasteiger partial charge is 0.326 e. The van der Waals surface area contributed by atoms with E-state index < -0.39 is 60.2 Å². The number of carbonyl (C=O) groups is 5. The van der Waals surface area contributed by atoms with E-state index in [4.69, 9.17) is 10.8 Å². The predicted molar refractivity (Wildman–Crippen MR) is 126 cm³/mol. The number of nitrogens with two attached hydrogens (primary N) is 1. The molecule has 33 heavy (non-hydrogen) atoms. The quantitative estimate of drug-likeness (QED) is 0.175. The van der Waals surface area contributed by atoms with Crippen molar-refractivity contribution in [2.24, 2.45) is 17.6 Å². The number of carboxylic acids is 2. The zero-order valence-corrected chi connectivity index (χ0v) is 20.7. The van der Waals surface area contributed by atoms with E-state index in [9.17, 15) is 29.1 Å². The highest BCUT2D eigenvalue weighted by atomic mass is 32.2. The first-order valence-electron chi connectivity index (χ1n) is 10.9. The van der Waals surface area contributed by atoms with Gasteiger partial charge >= 0.3 is 11.9 Å². The Labute approximate surface area is 199 Å². The van der Waals surface area contributed by atoms with Gasteiger partial charge in [0.15, 0.2) is 0 Å². The lowest BCUT2D eigenvalue weighted by molar-refractivity contribution is -0.142. The maximum atomic E-state index is 13.0. The molecule has 11 nitrogen and oxygen atoms in total. The van der Waals surface area contributed by atoms with E-state index in [0.29, 0.717) is 12.2 Å². The van der Waals surface area contributed by atoms with Gasteiger partial charge in [0.2, 0.25) is 17.7 Å². The molecule has 12 heteroatoms. The van der Waals surface area contributed by atoms with Crippen molar-refractivity contribution < 1.29 is 34.2 Å². The average Bonchev–Trinajstić information content (AvgIpc) is 2.72. The highest BCUT2D eigenvalue weighted by molar-refractivity contribution is 7.98. The summed E-state index contributed by atoms with van der Waals surface area (Å²) in [4.78, 5) is 60.5. The molecule has 0 bridgehead atoms. The molecule has 0 heterocycles.